The van der Waals surface area contributed by atoms with Crippen LogP contribution >= 0.6 is 0 Å². The Hall–Kier alpha value is -1.06. The van der Waals surface area contributed by atoms with Crippen molar-refractivity contribution in [1.82, 2.24) is 0 Å². The van der Waals surface area contributed by atoms with E-state index < -0.39 is 5.97 Å². The van der Waals surface area contributed by atoms with Gasteiger partial charge in [0.2, 0.25) is 0 Å². The Morgan fingerprint density at radius 1 is 0.486 bits per heavy atom. The maximum Gasteiger partial charge on any atom is 0.306 e. The number of hydrogen-bond acceptors (Lipinski definition) is 3. The topological polar surface area (TPSA) is 63.6 Å². The van der Waals surface area contributed by atoms with Crippen molar-refractivity contribution in [2.24, 2.45) is 0 Å². The van der Waals surface area contributed by atoms with Gasteiger partial charge in [-0.15, -0.1) is 0 Å². The minimum atomic E-state index is -0.682. The van der Waals surface area contributed by atoms with Gasteiger partial charge in [0.25, 0.3) is 0 Å². The molecule has 0 saturated carbocycles. The maximum absolute atomic E-state index is 12.4. The molecule has 4 nitrogen and oxygen atoms in total. The number of hydrogen-bond donors (Lipinski definition) is 1. The van der Waals surface area contributed by atoms with E-state index in [1.807, 2.05) is 0 Å². The molecular formula is C33H64O4. The lowest BCUT2D eigenvalue weighted by Gasteiger charge is -2.18. The first kappa shape index (κ1) is 35.9. The molecule has 0 heterocycles. The molecule has 0 aromatic carbocycles. The Morgan fingerprint density at radius 3 is 1.27 bits per heavy atom. The van der Waals surface area contributed by atoms with E-state index in [0.29, 0.717) is 12.8 Å². The molecule has 0 aliphatic rings. The predicted octanol–water partition coefficient (Wildman–Crippen LogP) is 10.9. The Morgan fingerprint density at radius 2 is 0.838 bits per heavy atom. The first-order valence-corrected chi connectivity index (χ1v) is 16.5. The minimum absolute atomic E-state index is 0.0152. The summed E-state index contributed by atoms with van der Waals surface area (Å²) >= 11 is 0. The first-order valence-electron chi connectivity index (χ1n) is 16.5. The first-order chi connectivity index (χ1) is 18.1. The molecule has 0 bridgehead atoms. The molecule has 0 aromatic rings. The van der Waals surface area contributed by atoms with E-state index in [2.05, 4.69) is 13.8 Å². The minimum Gasteiger partial charge on any atom is -0.481 e. The van der Waals surface area contributed by atoms with Crippen molar-refractivity contribution in [1.29, 1.82) is 0 Å². The number of aliphatic carboxylic acids is 1. The zero-order valence-electron chi connectivity index (χ0n) is 25.0. The van der Waals surface area contributed by atoms with Gasteiger partial charge in [0.15, 0.2) is 0 Å². The molecule has 0 radical (unpaired) electrons. The van der Waals surface area contributed by atoms with E-state index in [1.54, 1.807) is 0 Å². The molecule has 0 aliphatic carbocycles. The second-order valence-corrected chi connectivity index (χ2v) is 11.4. The van der Waals surface area contributed by atoms with Crippen LogP contribution in [0.4, 0.5) is 0 Å². The quantitative estimate of drug-likeness (QED) is 0.0749. The van der Waals surface area contributed by atoms with Crippen LogP contribution in [0.5, 0.6) is 0 Å². The van der Waals surface area contributed by atoms with Crippen molar-refractivity contribution >= 4 is 11.9 Å². The number of carboxylic acids is 1. The Labute approximate surface area is 231 Å². The number of ether oxygens (including phenoxy) is 1. The van der Waals surface area contributed by atoms with Gasteiger partial charge in [-0.3, -0.25) is 9.59 Å². The zero-order valence-corrected chi connectivity index (χ0v) is 25.0. The highest BCUT2D eigenvalue weighted by Gasteiger charge is 2.13. The summed E-state index contributed by atoms with van der Waals surface area (Å²) in [7, 11) is 0. The van der Waals surface area contributed by atoms with Crippen LogP contribution in [0.2, 0.25) is 0 Å². The SMILES string of the molecule is CCCCCCCCCCCCCCCCC(=O)OC(CCCC)CCCCCCCCCCC(=O)O. The van der Waals surface area contributed by atoms with E-state index in [4.69, 9.17) is 9.84 Å². The third-order valence-electron chi connectivity index (χ3n) is 7.58. The van der Waals surface area contributed by atoms with Gasteiger partial charge in [-0.25, -0.2) is 0 Å². The smallest absolute Gasteiger partial charge is 0.306 e. The average Bonchev–Trinajstić information content (AvgIpc) is 2.88. The van der Waals surface area contributed by atoms with Crippen molar-refractivity contribution in [2.45, 2.75) is 200 Å². The molecule has 0 rings (SSSR count). The molecule has 1 unspecified atom stereocenters. The molecular weight excluding hydrogens is 460 g/mol. The van der Waals surface area contributed by atoms with Gasteiger partial charge in [-0.05, 0) is 32.1 Å². The molecule has 0 fully saturated rings. The van der Waals surface area contributed by atoms with Crippen molar-refractivity contribution in [3.63, 3.8) is 0 Å². The highest BCUT2D eigenvalue weighted by molar-refractivity contribution is 5.69. The van der Waals surface area contributed by atoms with E-state index in [0.717, 1.165) is 64.2 Å². The van der Waals surface area contributed by atoms with Crippen LogP contribution in [-0.4, -0.2) is 23.1 Å². The zero-order chi connectivity index (χ0) is 27.2. The molecule has 0 aromatic heterocycles. The van der Waals surface area contributed by atoms with E-state index in [9.17, 15) is 9.59 Å². The normalized spacial score (nSPS) is 12.1. The van der Waals surface area contributed by atoms with Crippen LogP contribution in [0, 0.1) is 0 Å². The molecule has 0 amide bonds. The third kappa shape index (κ3) is 29.4. The Bertz CT molecular complexity index is 491. The van der Waals surface area contributed by atoms with Crippen molar-refractivity contribution < 1.29 is 19.4 Å². The lowest BCUT2D eigenvalue weighted by molar-refractivity contribution is -0.150. The molecule has 220 valence electrons. The van der Waals surface area contributed by atoms with Gasteiger partial charge in [0.05, 0.1) is 0 Å². The van der Waals surface area contributed by atoms with Crippen LogP contribution in [0.3, 0.4) is 0 Å². The number of unbranched alkanes of at least 4 members (excludes halogenated alkanes) is 21. The predicted molar refractivity (Wildman–Crippen MR) is 158 cm³/mol. The molecule has 0 aliphatic heterocycles. The number of rotatable bonds is 30. The van der Waals surface area contributed by atoms with Gasteiger partial charge >= 0.3 is 11.9 Å². The lowest BCUT2D eigenvalue weighted by Crippen LogP contribution is -2.18. The summed E-state index contributed by atoms with van der Waals surface area (Å²) in [5.41, 5.74) is 0. The fourth-order valence-corrected chi connectivity index (χ4v) is 5.11. The lowest BCUT2D eigenvalue weighted by atomic mass is 10.0. The summed E-state index contributed by atoms with van der Waals surface area (Å²) in [6.45, 7) is 4.48. The Balaban J connectivity index is 3.64. The van der Waals surface area contributed by atoms with Gasteiger partial charge in [-0.2, -0.15) is 0 Å². The van der Waals surface area contributed by atoms with Crippen LogP contribution in [0.25, 0.3) is 0 Å². The fraction of sp³-hybridized carbons (Fsp3) is 0.939. The summed E-state index contributed by atoms with van der Waals surface area (Å²) in [5.74, 6) is -0.667. The third-order valence-corrected chi connectivity index (χ3v) is 7.58. The van der Waals surface area contributed by atoms with E-state index >= 15 is 0 Å². The molecule has 0 spiro atoms. The number of esters is 1. The van der Waals surface area contributed by atoms with Crippen molar-refractivity contribution in [2.75, 3.05) is 0 Å². The van der Waals surface area contributed by atoms with Crippen LogP contribution in [0.1, 0.15) is 194 Å². The van der Waals surface area contributed by atoms with Gasteiger partial charge in [0, 0.05) is 12.8 Å². The molecule has 0 saturated heterocycles. The molecule has 37 heavy (non-hydrogen) atoms. The van der Waals surface area contributed by atoms with Crippen molar-refractivity contribution in [3.8, 4) is 0 Å². The van der Waals surface area contributed by atoms with E-state index in [1.165, 1.54) is 103 Å². The summed E-state index contributed by atoms with van der Waals surface area (Å²) in [6, 6.07) is 0. The second kappa shape index (κ2) is 29.5. The van der Waals surface area contributed by atoms with E-state index in [-0.39, 0.29) is 12.1 Å². The number of carboxylic acid groups (broad SMARTS) is 1. The summed E-state index contributed by atoms with van der Waals surface area (Å²) in [4.78, 5) is 22.9. The molecule has 1 N–H and O–H groups in total. The van der Waals surface area contributed by atoms with Crippen molar-refractivity contribution in [3.05, 3.63) is 0 Å². The average molecular weight is 525 g/mol. The molecule has 4 heteroatoms. The second-order valence-electron chi connectivity index (χ2n) is 11.4. The largest absolute Gasteiger partial charge is 0.481 e. The maximum atomic E-state index is 12.4. The number of carbonyl (C=O) groups is 2. The van der Waals surface area contributed by atoms with Crippen LogP contribution < -0.4 is 0 Å². The van der Waals surface area contributed by atoms with Gasteiger partial charge in [-0.1, -0.05) is 149 Å². The summed E-state index contributed by atoms with van der Waals surface area (Å²) in [5, 5.41) is 8.67. The van der Waals surface area contributed by atoms with Crippen LogP contribution in [0.15, 0.2) is 0 Å². The highest BCUT2D eigenvalue weighted by atomic mass is 16.5. The van der Waals surface area contributed by atoms with Gasteiger partial charge in [0.1, 0.15) is 6.10 Å². The van der Waals surface area contributed by atoms with Crippen LogP contribution in [-0.2, 0) is 14.3 Å². The monoisotopic (exact) mass is 524 g/mol. The Kier molecular flexibility index (Phi) is 28.7. The number of carbonyl (C=O) groups excluding carboxylic acids is 1. The van der Waals surface area contributed by atoms with Gasteiger partial charge < -0.3 is 9.84 Å². The highest BCUT2D eigenvalue weighted by Crippen LogP contribution is 2.18. The standard InChI is InChI=1S/C33H64O4/c1-3-5-7-8-9-10-11-12-13-14-15-20-23-26-30-33(36)37-31(27-6-4-2)28-24-21-18-16-17-19-22-25-29-32(34)35/h31H,3-30H2,1-2H3,(H,34,35). The molecule has 1 atom stereocenters. The summed E-state index contributed by atoms with van der Waals surface area (Å²) in [6.07, 6.45) is 32.9. The fourth-order valence-electron chi connectivity index (χ4n) is 5.11. The summed E-state index contributed by atoms with van der Waals surface area (Å²) < 4.78 is 5.87.